The van der Waals surface area contributed by atoms with Gasteiger partial charge in [-0.15, -0.1) is 0 Å². The highest BCUT2D eigenvalue weighted by atomic mass is 16.5. The molecule has 2 aromatic carbocycles. The number of benzene rings is 2. The molecule has 0 spiro atoms. The zero-order chi connectivity index (χ0) is 21.8. The van der Waals surface area contributed by atoms with Gasteiger partial charge in [0.2, 0.25) is 0 Å². The predicted molar refractivity (Wildman–Crippen MR) is 132 cm³/mol. The van der Waals surface area contributed by atoms with E-state index < -0.39 is 0 Å². The van der Waals surface area contributed by atoms with Gasteiger partial charge in [-0.05, 0) is 29.5 Å². The summed E-state index contributed by atoms with van der Waals surface area (Å²) >= 11 is 0. The van der Waals surface area contributed by atoms with Crippen molar-refractivity contribution in [2.75, 3.05) is 13.2 Å². The van der Waals surface area contributed by atoms with E-state index in [9.17, 15) is 0 Å². The van der Waals surface area contributed by atoms with Crippen molar-refractivity contribution in [2.24, 2.45) is 0 Å². The first-order chi connectivity index (χ1) is 15.4. The zero-order valence-corrected chi connectivity index (χ0v) is 19.6. The average Bonchev–Trinajstić information content (AvgIpc) is 2.81. The fraction of sp³-hybridized carbons (Fsp3) is 0.517. The molecule has 0 heterocycles. The van der Waals surface area contributed by atoms with Crippen LogP contribution in [-0.4, -0.2) is 13.2 Å². The molecular weight excluding hydrogens is 380 g/mol. The summed E-state index contributed by atoms with van der Waals surface area (Å²) in [4.78, 5) is 0. The lowest BCUT2D eigenvalue weighted by Gasteiger charge is -2.11. The lowest BCUT2D eigenvalue weighted by atomic mass is 10.1. The van der Waals surface area contributed by atoms with E-state index in [2.05, 4.69) is 61.5 Å². The molecule has 0 aromatic heterocycles. The summed E-state index contributed by atoms with van der Waals surface area (Å²) in [5, 5.41) is 0. The molecular formula is C29H42O2. The van der Waals surface area contributed by atoms with Crippen molar-refractivity contribution in [1.29, 1.82) is 0 Å². The number of allylic oxidation sites excluding steroid dienone is 1. The molecule has 2 nitrogen and oxygen atoms in total. The van der Waals surface area contributed by atoms with E-state index in [1.54, 1.807) is 0 Å². The SMILES string of the molecule is CCCCCCCCCCCC=C(COCc1ccccc1)COCc1ccccc1. The summed E-state index contributed by atoms with van der Waals surface area (Å²) in [5.74, 6) is 0. The predicted octanol–water partition coefficient (Wildman–Crippen LogP) is 8.27. The van der Waals surface area contributed by atoms with Crippen molar-refractivity contribution in [2.45, 2.75) is 84.3 Å². The normalized spacial score (nSPS) is 10.9. The molecule has 0 saturated heterocycles. The Kier molecular flexibility index (Phi) is 14.5. The van der Waals surface area contributed by atoms with Crippen molar-refractivity contribution in [3.8, 4) is 0 Å². The van der Waals surface area contributed by atoms with Gasteiger partial charge < -0.3 is 9.47 Å². The lowest BCUT2D eigenvalue weighted by molar-refractivity contribution is 0.105. The van der Waals surface area contributed by atoms with Crippen LogP contribution in [0, 0.1) is 0 Å². The van der Waals surface area contributed by atoms with Crippen molar-refractivity contribution >= 4 is 0 Å². The maximum Gasteiger partial charge on any atom is 0.0721 e. The topological polar surface area (TPSA) is 18.5 Å². The fourth-order valence-corrected chi connectivity index (χ4v) is 3.67. The van der Waals surface area contributed by atoms with Gasteiger partial charge in [-0.3, -0.25) is 0 Å². The van der Waals surface area contributed by atoms with Crippen molar-refractivity contribution in [3.63, 3.8) is 0 Å². The van der Waals surface area contributed by atoms with Crippen molar-refractivity contribution in [3.05, 3.63) is 83.4 Å². The Labute approximate surface area is 190 Å². The second-order valence-electron chi connectivity index (χ2n) is 8.44. The monoisotopic (exact) mass is 422 g/mol. The van der Waals surface area contributed by atoms with Gasteiger partial charge in [-0.25, -0.2) is 0 Å². The molecule has 170 valence electrons. The molecule has 0 aliphatic carbocycles. The van der Waals surface area contributed by atoms with Gasteiger partial charge in [-0.2, -0.15) is 0 Å². The minimum absolute atomic E-state index is 0.640. The largest absolute Gasteiger partial charge is 0.372 e. The third kappa shape index (κ3) is 13.2. The van der Waals surface area contributed by atoms with E-state index in [1.165, 1.54) is 74.5 Å². The Morgan fingerprint density at radius 1 is 0.613 bits per heavy atom. The highest BCUT2D eigenvalue weighted by molar-refractivity contribution is 5.14. The summed E-state index contributed by atoms with van der Waals surface area (Å²) in [6, 6.07) is 20.7. The van der Waals surface area contributed by atoms with E-state index in [0.717, 1.165) is 6.42 Å². The molecule has 0 aliphatic heterocycles. The standard InChI is InChI=1S/C29H42O2/c1-2-3-4-5-6-7-8-9-10-13-22-29(25-30-23-27-18-14-11-15-19-27)26-31-24-28-20-16-12-17-21-28/h11-12,14-22H,2-10,13,23-26H2,1H3. The highest BCUT2D eigenvalue weighted by Crippen LogP contribution is 2.12. The maximum absolute atomic E-state index is 5.98. The maximum atomic E-state index is 5.98. The van der Waals surface area contributed by atoms with Crippen molar-refractivity contribution < 1.29 is 9.47 Å². The van der Waals surface area contributed by atoms with Gasteiger partial charge in [-0.1, -0.05) is 125 Å². The van der Waals surface area contributed by atoms with E-state index in [-0.39, 0.29) is 0 Å². The van der Waals surface area contributed by atoms with Gasteiger partial charge in [0, 0.05) is 0 Å². The Morgan fingerprint density at radius 3 is 1.55 bits per heavy atom. The summed E-state index contributed by atoms with van der Waals surface area (Å²) in [6.45, 7) is 4.85. The van der Waals surface area contributed by atoms with Crippen molar-refractivity contribution in [1.82, 2.24) is 0 Å². The summed E-state index contributed by atoms with van der Waals surface area (Å²) in [7, 11) is 0. The van der Waals surface area contributed by atoms with Gasteiger partial charge in [0.05, 0.1) is 26.4 Å². The molecule has 0 atom stereocenters. The Hall–Kier alpha value is -1.90. The van der Waals surface area contributed by atoms with Crippen LogP contribution in [0.4, 0.5) is 0 Å². The quantitative estimate of drug-likeness (QED) is 0.178. The van der Waals surface area contributed by atoms with Crippen LogP contribution in [-0.2, 0) is 22.7 Å². The second kappa shape index (κ2) is 17.7. The van der Waals surface area contributed by atoms with E-state index in [0.29, 0.717) is 26.4 Å². The minimum atomic E-state index is 0.640. The summed E-state index contributed by atoms with van der Waals surface area (Å²) < 4.78 is 12.0. The molecule has 31 heavy (non-hydrogen) atoms. The molecule has 0 amide bonds. The zero-order valence-electron chi connectivity index (χ0n) is 19.6. The molecule has 2 aromatic rings. The molecule has 2 heteroatoms. The Balaban J connectivity index is 1.66. The Bertz CT molecular complexity index is 631. The Morgan fingerprint density at radius 2 is 1.06 bits per heavy atom. The number of hydrogen-bond donors (Lipinski definition) is 0. The van der Waals surface area contributed by atoms with Crippen LogP contribution in [0.25, 0.3) is 0 Å². The first-order valence-electron chi connectivity index (χ1n) is 12.3. The van der Waals surface area contributed by atoms with E-state index in [1.807, 2.05) is 12.1 Å². The number of rotatable bonds is 18. The van der Waals surface area contributed by atoms with Gasteiger partial charge in [0.1, 0.15) is 0 Å². The first kappa shape index (κ1) is 25.4. The van der Waals surface area contributed by atoms with Gasteiger partial charge in [0.15, 0.2) is 0 Å². The number of hydrogen-bond acceptors (Lipinski definition) is 2. The van der Waals surface area contributed by atoms with Crippen LogP contribution in [0.15, 0.2) is 72.3 Å². The van der Waals surface area contributed by atoms with Crippen LogP contribution in [0.5, 0.6) is 0 Å². The van der Waals surface area contributed by atoms with Gasteiger partial charge >= 0.3 is 0 Å². The lowest BCUT2D eigenvalue weighted by Crippen LogP contribution is -2.06. The van der Waals surface area contributed by atoms with Crippen LogP contribution >= 0.6 is 0 Å². The molecule has 0 bridgehead atoms. The van der Waals surface area contributed by atoms with Crippen LogP contribution in [0.2, 0.25) is 0 Å². The molecule has 0 aliphatic rings. The van der Waals surface area contributed by atoms with Gasteiger partial charge in [0.25, 0.3) is 0 Å². The molecule has 2 rings (SSSR count). The minimum Gasteiger partial charge on any atom is -0.372 e. The number of unbranched alkanes of at least 4 members (excludes halogenated alkanes) is 9. The third-order valence-corrected chi connectivity index (χ3v) is 5.54. The van der Waals surface area contributed by atoms with E-state index in [4.69, 9.17) is 9.47 Å². The third-order valence-electron chi connectivity index (χ3n) is 5.54. The average molecular weight is 423 g/mol. The molecule has 0 unspecified atom stereocenters. The molecule has 0 N–H and O–H groups in total. The van der Waals surface area contributed by atoms with Crippen LogP contribution < -0.4 is 0 Å². The first-order valence-corrected chi connectivity index (χ1v) is 12.3. The molecule has 0 radical (unpaired) electrons. The second-order valence-corrected chi connectivity index (χ2v) is 8.44. The summed E-state index contributed by atoms with van der Waals surface area (Å²) in [5.41, 5.74) is 3.68. The van der Waals surface area contributed by atoms with E-state index >= 15 is 0 Å². The van der Waals surface area contributed by atoms with Crippen LogP contribution in [0.1, 0.15) is 82.3 Å². The highest BCUT2D eigenvalue weighted by Gasteiger charge is 2.01. The smallest absolute Gasteiger partial charge is 0.0721 e. The fourth-order valence-electron chi connectivity index (χ4n) is 3.67. The number of ether oxygens (including phenoxy) is 2. The molecule has 0 saturated carbocycles. The molecule has 0 fully saturated rings. The van der Waals surface area contributed by atoms with Crippen LogP contribution in [0.3, 0.4) is 0 Å². The summed E-state index contributed by atoms with van der Waals surface area (Å²) in [6.07, 6.45) is 15.8.